The molecule has 112 valence electrons. The van der Waals surface area contributed by atoms with Crippen molar-refractivity contribution in [2.45, 2.75) is 31.2 Å². The largest absolute Gasteiger partial charge is 0.346 e. The monoisotopic (exact) mass is 327 g/mol. The van der Waals surface area contributed by atoms with Crippen LogP contribution in [0.15, 0.2) is 0 Å². The average Bonchev–Trinajstić information content (AvgIpc) is 2.90. The number of rotatable bonds is 3. The molecule has 2 aromatic rings. The van der Waals surface area contributed by atoms with Crippen LogP contribution in [0.4, 0.5) is 0 Å². The van der Waals surface area contributed by atoms with E-state index in [9.17, 15) is 13.2 Å². The summed E-state index contributed by atoms with van der Waals surface area (Å²) in [5.41, 5.74) is 0. The van der Waals surface area contributed by atoms with E-state index in [-0.39, 0.29) is 23.5 Å². The number of hydrogen-bond donors (Lipinski definition) is 1. The predicted octanol–water partition coefficient (Wildman–Crippen LogP) is -0.0199. The molecular formula is C11H13N5O3S2. The van der Waals surface area contributed by atoms with Crippen LogP contribution in [0.5, 0.6) is 0 Å². The van der Waals surface area contributed by atoms with Gasteiger partial charge in [0.2, 0.25) is 9.97 Å². The molecule has 21 heavy (non-hydrogen) atoms. The molecule has 0 spiro atoms. The first kappa shape index (κ1) is 13.1. The molecule has 0 bridgehead atoms. The van der Waals surface area contributed by atoms with Crippen LogP contribution in [0.1, 0.15) is 40.8 Å². The quantitative estimate of drug-likeness (QED) is 0.849. The first-order valence-corrected chi connectivity index (χ1v) is 9.39. The van der Waals surface area contributed by atoms with Gasteiger partial charge in [-0.15, -0.1) is 15.3 Å². The number of carbonyl (C=O) groups is 1. The Bertz CT molecular complexity index is 820. The zero-order valence-corrected chi connectivity index (χ0v) is 12.7. The predicted molar refractivity (Wildman–Crippen MR) is 75.2 cm³/mol. The lowest BCUT2D eigenvalue weighted by atomic mass is 10.2. The maximum Gasteiger partial charge on any atom is 0.282 e. The molecule has 8 nitrogen and oxygen atoms in total. The topological polar surface area (TPSA) is 106 Å². The summed E-state index contributed by atoms with van der Waals surface area (Å²) in [6.07, 6.45) is 2.63. The van der Waals surface area contributed by atoms with E-state index in [0.717, 1.165) is 18.7 Å². The van der Waals surface area contributed by atoms with Gasteiger partial charge in [-0.3, -0.25) is 4.79 Å². The van der Waals surface area contributed by atoms with Crippen LogP contribution >= 0.6 is 11.3 Å². The van der Waals surface area contributed by atoms with E-state index in [1.165, 1.54) is 11.3 Å². The number of hydrogen-bond acceptors (Lipinski definition) is 7. The molecule has 1 atom stereocenters. The van der Waals surface area contributed by atoms with Crippen molar-refractivity contribution in [3.63, 3.8) is 0 Å². The molecule has 2 fully saturated rings. The van der Waals surface area contributed by atoms with E-state index in [4.69, 9.17) is 0 Å². The van der Waals surface area contributed by atoms with Crippen molar-refractivity contribution in [2.24, 2.45) is 0 Å². The molecule has 0 aromatic carbocycles. The van der Waals surface area contributed by atoms with Crippen LogP contribution in [0.3, 0.4) is 0 Å². The average molecular weight is 327 g/mol. The molecular weight excluding hydrogens is 314 g/mol. The normalized spacial score (nSPS) is 24.5. The molecule has 10 heteroatoms. The molecule has 1 saturated heterocycles. The van der Waals surface area contributed by atoms with E-state index >= 15 is 0 Å². The highest BCUT2D eigenvalue weighted by Gasteiger charge is 2.32. The third kappa shape index (κ3) is 2.42. The molecule has 4 rings (SSSR count). The third-order valence-electron chi connectivity index (χ3n) is 3.72. The smallest absolute Gasteiger partial charge is 0.282 e. The van der Waals surface area contributed by atoms with Crippen LogP contribution in [0.2, 0.25) is 0 Å². The number of amides is 1. The Morgan fingerprint density at radius 1 is 1.29 bits per heavy atom. The number of carbonyl (C=O) groups excluding carboxylic acids is 1. The maximum atomic E-state index is 12.2. The fraction of sp³-hybridized carbons (Fsp3) is 0.636. The molecule has 1 aliphatic carbocycles. The van der Waals surface area contributed by atoms with Crippen molar-refractivity contribution >= 4 is 32.0 Å². The summed E-state index contributed by atoms with van der Waals surface area (Å²) in [6.45, 7) is 0. The van der Waals surface area contributed by atoms with E-state index in [0.29, 0.717) is 22.3 Å². The van der Waals surface area contributed by atoms with Crippen molar-refractivity contribution in [3.05, 3.63) is 10.8 Å². The number of fused-ring (bicyclic) bond motifs is 1. The molecule has 1 N–H and O–H groups in total. The zero-order valence-electron chi connectivity index (χ0n) is 11.0. The molecule has 3 heterocycles. The summed E-state index contributed by atoms with van der Waals surface area (Å²) in [5.74, 6) is 1.02. The Morgan fingerprint density at radius 2 is 2.10 bits per heavy atom. The van der Waals surface area contributed by atoms with Crippen molar-refractivity contribution in [1.29, 1.82) is 0 Å². The van der Waals surface area contributed by atoms with E-state index in [1.54, 1.807) is 4.52 Å². The van der Waals surface area contributed by atoms with Gasteiger partial charge in [0.05, 0.1) is 11.5 Å². The lowest BCUT2D eigenvalue weighted by Crippen LogP contribution is -2.35. The van der Waals surface area contributed by atoms with Crippen molar-refractivity contribution in [3.8, 4) is 0 Å². The lowest BCUT2D eigenvalue weighted by molar-refractivity contribution is 0.0939. The second-order valence-electron chi connectivity index (χ2n) is 5.51. The molecule has 1 saturated carbocycles. The van der Waals surface area contributed by atoms with Gasteiger partial charge in [0.25, 0.3) is 5.91 Å². The van der Waals surface area contributed by atoms with Crippen LogP contribution < -0.4 is 5.32 Å². The maximum absolute atomic E-state index is 12.2. The summed E-state index contributed by atoms with van der Waals surface area (Å²) in [6, 6.07) is -0.320. The summed E-state index contributed by atoms with van der Waals surface area (Å²) in [4.78, 5) is 12.8. The van der Waals surface area contributed by atoms with Crippen LogP contribution in [0.25, 0.3) is 4.96 Å². The van der Waals surface area contributed by atoms with Crippen LogP contribution in [-0.2, 0) is 9.84 Å². The van der Waals surface area contributed by atoms with Gasteiger partial charge in [-0.05, 0) is 19.3 Å². The zero-order chi connectivity index (χ0) is 14.6. The fourth-order valence-corrected chi connectivity index (χ4v) is 4.90. The van der Waals surface area contributed by atoms with E-state index in [1.807, 2.05) is 0 Å². The first-order chi connectivity index (χ1) is 10.0. The van der Waals surface area contributed by atoms with E-state index < -0.39 is 9.84 Å². The molecule has 2 aromatic heterocycles. The Kier molecular flexibility index (Phi) is 2.80. The van der Waals surface area contributed by atoms with Gasteiger partial charge in [0.15, 0.2) is 15.7 Å². The lowest BCUT2D eigenvalue weighted by Gasteiger charge is -2.08. The Labute approximate surface area is 124 Å². The number of nitrogens with zero attached hydrogens (tertiary/aromatic N) is 4. The number of sulfone groups is 1. The van der Waals surface area contributed by atoms with Gasteiger partial charge >= 0.3 is 0 Å². The molecule has 0 radical (unpaired) electrons. The third-order valence-corrected chi connectivity index (χ3v) is 6.38. The standard InChI is InChI=1S/C11H13N5O3S2/c17-9(12-7-3-4-21(18,19)5-7)10-15-16-8(6-1-2-6)13-14-11(16)20-10/h6-7H,1-5H2,(H,12,17). The molecule has 1 amide bonds. The Balaban J connectivity index is 1.54. The highest BCUT2D eigenvalue weighted by atomic mass is 32.2. The van der Waals surface area contributed by atoms with Gasteiger partial charge in [-0.25, -0.2) is 8.42 Å². The highest BCUT2D eigenvalue weighted by molar-refractivity contribution is 7.91. The van der Waals surface area contributed by atoms with Crippen molar-refractivity contribution < 1.29 is 13.2 Å². The van der Waals surface area contributed by atoms with Gasteiger partial charge in [-0.1, -0.05) is 11.3 Å². The minimum Gasteiger partial charge on any atom is -0.346 e. The summed E-state index contributed by atoms with van der Waals surface area (Å²) >= 11 is 1.17. The minimum absolute atomic E-state index is 0.0100. The van der Waals surface area contributed by atoms with Gasteiger partial charge in [0.1, 0.15) is 0 Å². The van der Waals surface area contributed by atoms with Gasteiger partial charge in [-0.2, -0.15) is 4.52 Å². The highest BCUT2D eigenvalue weighted by Crippen LogP contribution is 2.39. The first-order valence-electron chi connectivity index (χ1n) is 6.75. The molecule has 1 unspecified atom stereocenters. The van der Waals surface area contributed by atoms with Crippen molar-refractivity contribution in [2.75, 3.05) is 11.5 Å². The minimum atomic E-state index is -3.01. The summed E-state index contributed by atoms with van der Waals surface area (Å²) in [7, 11) is -3.01. The van der Waals surface area contributed by atoms with Crippen molar-refractivity contribution in [1.82, 2.24) is 25.1 Å². The summed E-state index contributed by atoms with van der Waals surface area (Å²) in [5, 5.41) is 15.4. The van der Waals surface area contributed by atoms with Gasteiger partial charge < -0.3 is 5.32 Å². The SMILES string of the molecule is O=C(NC1CCS(=O)(=O)C1)c1nn2c(C3CC3)nnc2s1. The summed E-state index contributed by atoms with van der Waals surface area (Å²) < 4.78 is 24.4. The molecule has 1 aliphatic heterocycles. The van der Waals surface area contributed by atoms with E-state index in [2.05, 4.69) is 20.6 Å². The number of nitrogens with one attached hydrogen (secondary N) is 1. The van der Waals surface area contributed by atoms with Crippen LogP contribution in [-0.4, -0.2) is 51.7 Å². The Hall–Kier alpha value is -1.55. The van der Waals surface area contributed by atoms with Crippen LogP contribution in [0, 0.1) is 0 Å². The van der Waals surface area contributed by atoms with Gasteiger partial charge in [0, 0.05) is 12.0 Å². The number of aromatic nitrogens is 4. The second-order valence-corrected chi connectivity index (χ2v) is 8.69. The fourth-order valence-electron chi connectivity index (χ4n) is 2.48. The molecule has 2 aliphatic rings. The second kappa shape index (κ2) is 4.47. The Morgan fingerprint density at radius 3 is 2.76 bits per heavy atom.